The number of carbonyl (C=O) groups is 1. The molecule has 0 aliphatic rings. The Bertz CT molecular complexity index is 788. The van der Waals surface area contributed by atoms with Crippen molar-refractivity contribution in [1.82, 2.24) is 9.55 Å². The van der Waals surface area contributed by atoms with Gasteiger partial charge in [-0.1, -0.05) is 37.3 Å². The molecule has 0 aliphatic heterocycles. The number of aromatic carboxylic acids is 1. The van der Waals surface area contributed by atoms with Crippen molar-refractivity contribution >= 4 is 17.0 Å². The largest absolute Gasteiger partial charge is 0.478 e. The Morgan fingerprint density at radius 2 is 1.86 bits per heavy atom. The van der Waals surface area contributed by atoms with Gasteiger partial charge in [-0.05, 0) is 29.7 Å². The number of carboxylic acids is 1. The number of para-hydroxylation sites is 1. The minimum atomic E-state index is -0.927. The Hall–Kier alpha value is -2.62. The van der Waals surface area contributed by atoms with Gasteiger partial charge in [0.15, 0.2) is 0 Å². The monoisotopic (exact) mass is 280 g/mol. The van der Waals surface area contributed by atoms with E-state index in [1.54, 1.807) is 18.5 Å². The molecule has 4 heteroatoms. The summed E-state index contributed by atoms with van der Waals surface area (Å²) in [4.78, 5) is 15.7. The minimum absolute atomic E-state index is 0.287. The smallest absolute Gasteiger partial charge is 0.337 e. The second kappa shape index (κ2) is 5.40. The van der Waals surface area contributed by atoms with E-state index in [4.69, 9.17) is 0 Å². The Kier molecular flexibility index (Phi) is 3.44. The maximum Gasteiger partial charge on any atom is 0.337 e. The normalized spacial score (nSPS) is 10.9. The molecule has 0 bridgehead atoms. The maximum absolute atomic E-state index is 11.4. The van der Waals surface area contributed by atoms with E-state index in [9.17, 15) is 9.90 Å². The third-order valence-corrected chi connectivity index (χ3v) is 3.65. The van der Waals surface area contributed by atoms with Crippen LogP contribution in [0.1, 0.15) is 28.4 Å². The molecule has 3 aromatic rings. The first-order valence-electron chi connectivity index (χ1n) is 6.94. The number of aromatic nitrogens is 2. The summed E-state index contributed by atoms with van der Waals surface area (Å²) in [5, 5.41) is 9.32. The molecule has 0 saturated carbocycles. The van der Waals surface area contributed by atoms with Crippen LogP contribution in [0.3, 0.4) is 0 Å². The first-order chi connectivity index (χ1) is 10.2. The second-order valence-corrected chi connectivity index (χ2v) is 5.02. The molecule has 0 radical (unpaired) electrons. The predicted octanol–water partition coefficient (Wildman–Crippen LogP) is 3.35. The highest BCUT2D eigenvalue weighted by atomic mass is 16.4. The molecule has 2 aromatic carbocycles. The lowest BCUT2D eigenvalue weighted by Gasteiger charge is -2.07. The molecule has 0 atom stereocenters. The zero-order valence-electron chi connectivity index (χ0n) is 11.8. The van der Waals surface area contributed by atoms with E-state index in [1.807, 2.05) is 10.6 Å². The number of fused-ring (bicyclic) bond motifs is 1. The SMILES string of the molecule is CCc1ccc(Cn2cnc3cccc(C(=O)O)c32)cc1. The van der Waals surface area contributed by atoms with Crippen molar-refractivity contribution in [3.05, 3.63) is 65.5 Å². The molecule has 1 aromatic heterocycles. The van der Waals surface area contributed by atoms with Crippen LogP contribution in [0.25, 0.3) is 11.0 Å². The summed E-state index contributed by atoms with van der Waals surface area (Å²) in [6.45, 7) is 2.74. The molecule has 0 aliphatic carbocycles. The lowest BCUT2D eigenvalue weighted by Crippen LogP contribution is -2.04. The highest BCUT2D eigenvalue weighted by Crippen LogP contribution is 2.19. The Morgan fingerprint density at radius 3 is 2.52 bits per heavy atom. The first-order valence-corrected chi connectivity index (χ1v) is 6.94. The average Bonchev–Trinajstić information content (AvgIpc) is 2.91. The van der Waals surface area contributed by atoms with Gasteiger partial charge >= 0.3 is 5.97 Å². The van der Waals surface area contributed by atoms with E-state index < -0.39 is 5.97 Å². The number of aryl methyl sites for hydroxylation is 1. The van der Waals surface area contributed by atoms with Crippen molar-refractivity contribution in [1.29, 1.82) is 0 Å². The van der Waals surface area contributed by atoms with Crippen molar-refractivity contribution < 1.29 is 9.90 Å². The number of rotatable bonds is 4. The van der Waals surface area contributed by atoms with Crippen molar-refractivity contribution in [3.63, 3.8) is 0 Å². The van der Waals surface area contributed by atoms with E-state index in [0.29, 0.717) is 17.6 Å². The van der Waals surface area contributed by atoms with Crippen LogP contribution >= 0.6 is 0 Å². The van der Waals surface area contributed by atoms with Gasteiger partial charge in [-0.15, -0.1) is 0 Å². The van der Waals surface area contributed by atoms with Crippen molar-refractivity contribution in [2.75, 3.05) is 0 Å². The van der Waals surface area contributed by atoms with Gasteiger partial charge < -0.3 is 9.67 Å². The highest BCUT2D eigenvalue weighted by molar-refractivity contribution is 6.01. The van der Waals surface area contributed by atoms with E-state index in [-0.39, 0.29) is 5.56 Å². The van der Waals surface area contributed by atoms with Crippen LogP contribution in [0.4, 0.5) is 0 Å². The van der Waals surface area contributed by atoms with Crippen LogP contribution in [0.5, 0.6) is 0 Å². The summed E-state index contributed by atoms with van der Waals surface area (Å²) in [5.41, 5.74) is 4.09. The highest BCUT2D eigenvalue weighted by Gasteiger charge is 2.13. The van der Waals surface area contributed by atoms with Crippen molar-refractivity contribution in [3.8, 4) is 0 Å². The summed E-state index contributed by atoms with van der Waals surface area (Å²) in [5.74, 6) is -0.927. The zero-order valence-corrected chi connectivity index (χ0v) is 11.8. The second-order valence-electron chi connectivity index (χ2n) is 5.02. The molecule has 3 rings (SSSR count). The molecule has 0 fully saturated rings. The topological polar surface area (TPSA) is 55.1 Å². The molecule has 0 unspecified atom stereocenters. The molecule has 1 heterocycles. The van der Waals surface area contributed by atoms with Crippen LogP contribution in [-0.2, 0) is 13.0 Å². The Labute approximate surface area is 122 Å². The van der Waals surface area contributed by atoms with Gasteiger partial charge in [0.05, 0.1) is 22.9 Å². The molecule has 21 heavy (non-hydrogen) atoms. The van der Waals surface area contributed by atoms with Gasteiger partial charge in [-0.2, -0.15) is 0 Å². The van der Waals surface area contributed by atoms with Crippen LogP contribution in [-0.4, -0.2) is 20.6 Å². The van der Waals surface area contributed by atoms with Gasteiger partial charge in [0, 0.05) is 6.54 Å². The standard InChI is InChI=1S/C17H16N2O2/c1-2-12-6-8-13(9-7-12)10-19-11-18-15-5-3-4-14(16(15)19)17(20)21/h3-9,11H,2,10H2,1H3,(H,20,21). The third kappa shape index (κ3) is 2.52. The fourth-order valence-electron chi connectivity index (χ4n) is 2.50. The number of nitrogens with zero attached hydrogens (tertiary/aromatic N) is 2. The van der Waals surface area contributed by atoms with Gasteiger partial charge in [0.2, 0.25) is 0 Å². The lowest BCUT2D eigenvalue weighted by molar-refractivity contribution is 0.0698. The number of hydrogen-bond donors (Lipinski definition) is 1. The summed E-state index contributed by atoms with van der Waals surface area (Å²) < 4.78 is 1.89. The van der Waals surface area contributed by atoms with Gasteiger partial charge in [0.1, 0.15) is 0 Å². The quantitative estimate of drug-likeness (QED) is 0.797. The summed E-state index contributed by atoms with van der Waals surface area (Å²) in [7, 11) is 0. The summed E-state index contributed by atoms with van der Waals surface area (Å²) in [6, 6.07) is 13.5. The minimum Gasteiger partial charge on any atom is -0.478 e. The van der Waals surface area contributed by atoms with E-state index >= 15 is 0 Å². The fourth-order valence-corrected chi connectivity index (χ4v) is 2.50. The van der Waals surface area contributed by atoms with E-state index in [1.165, 1.54) is 5.56 Å². The molecule has 0 spiro atoms. The van der Waals surface area contributed by atoms with Crippen LogP contribution in [0.15, 0.2) is 48.8 Å². The third-order valence-electron chi connectivity index (χ3n) is 3.65. The number of hydrogen-bond acceptors (Lipinski definition) is 2. The summed E-state index contributed by atoms with van der Waals surface area (Å²) >= 11 is 0. The van der Waals surface area contributed by atoms with E-state index in [0.717, 1.165) is 12.0 Å². The molecule has 4 nitrogen and oxygen atoms in total. The van der Waals surface area contributed by atoms with Crippen molar-refractivity contribution in [2.45, 2.75) is 19.9 Å². The Balaban J connectivity index is 2.02. The fraction of sp³-hybridized carbons (Fsp3) is 0.176. The lowest BCUT2D eigenvalue weighted by atomic mass is 10.1. The predicted molar refractivity (Wildman–Crippen MR) is 81.6 cm³/mol. The number of imidazole rings is 1. The number of benzene rings is 2. The molecular formula is C17H16N2O2. The molecule has 106 valence electrons. The average molecular weight is 280 g/mol. The van der Waals surface area contributed by atoms with Crippen LogP contribution in [0.2, 0.25) is 0 Å². The van der Waals surface area contributed by atoms with Gasteiger partial charge in [-0.25, -0.2) is 9.78 Å². The molecule has 0 saturated heterocycles. The molecule has 1 N–H and O–H groups in total. The zero-order chi connectivity index (χ0) is 14.8. The number of carboxylic acid groups (broad SMARTS) is 1. The van der Waals surface area contributed by atoms with Crippen molar-refractivity contribution in [2.24, 2.45) is 0 Å². The van der Waals surface area contributed by atoms with E-state index in [2.05, 4.69) is 36.2 Å². The first kappa shape index (κ1) is 13.4. The summed E-state index contributed by atoms with van der Waals surface area (Å²) in [6.07, 6.45) is 2.71. The molecule has 0 amide bonds. The Morgan fingerprint density at radius 1 is 1.14 bits per heavy atom. The van der Waals surface area contributed by atoms with Gasteiger partial charge in [-0.3, -0.25) is 0 Å². The molecular weight excluding hydrogens is 264 g/mol. The van der Waals surface area contributed by atoms with Crippen LogP contribution in [0, 0.1) is 0 Å². The maximum atomic E-state index is 11.4. The van der Waals surface area contributed by atoms with Gasteiger partial charge in [0.25, 0.3) is 0 Å². The van der Waals surface area contributed by atoms with Crippen LogP contribution < -0.4 is 0 Å².